The average Bonchev–Trinajstić information content (AvgIpc) is 2.43. The van der Waals surface area contributed by atoms with E-state index >= 15 is 0 Å². The molecule has 0 aliphatic carbocycles. The first-order valence-corrected chi connectivity index (χ1v) is 7.69. The minimum Gasteiger partial charge on any atom is -0.481 e. The molecule has 21 heavy (non-hydrogen) atoms. The highest BCUT2D eigenvalue weighted by molar-refractivity contribution is 14.1. The molecule has 0 aliphatic heterocycles. The number of carbonyl (C=O) groups is 1. The summed E-state index contributed by atoms with van der Waals surface area (Å²) < 4.78 is 6.65. The molecule has 110 valence electrons. The van der Waals surface area contributed by atoms with Crippen molar-refractivity contribution in [2.45, 2.75) is 13.0 Å². The molecule has 3 N–H and O–H groups in total. The molecule has 0 spiro atoms. The minimum atomic E-state index is -0.625. The first kappa shape index (κ1) is 15.9. The summed E-state index contributed by atoms with van der Waals surface area (Å²) >= 11 is 8.03. The number of benzene rings is 2. The van der Waals surface area contributed by atoms with Crippen molar-refractivity contribution in [2.24, 2.45) is 0 Å². The molecule has 4 nitrogen and oxygen atoms in total. The zero-order chi connectivity index (χ0) is 15.4. The maximum absolute atomic E-state index is 12.1. The van der Waals surface area contributed by atoms with E-state index in [0.717, 1.165) is 3.57 Å². The van der Waals surface area contributed by atoms with Gasteiger partial charge in [0.25, 0.3) is 5.91 Å². The van der Waals surface area contributed by atoms with Crippen LogP contribution in [0.5, 0.6) is 5.75 Å². The van der Waals surface area contributed by atoms with Crippen LogP contribution in [0.2, 0.25) is 5.02 Å². The van der Waals surface area contributed by atoms with Gasteiger partial charge in [0.05, 0.1) is 10.7 Å². The molecule has 6 heteroatoms. The standard InChI is InChI=1S/C15H14ClIN2O2/c1-9(21-12-4-2-3-10(17)7-12)15(20)19-11-5-6-13(16)14(18)8-11/h2-9H,18H2,1H3,(H,19,20). The average molecular weight is 417 g/mol. The number of hydrogen-bond donors (Lipinski definition) is 2. The summed E-state index contributed by atoms with van der Waals surface area (Å²) in [6.45, 7) is 1.69. The highest BCUT2D eigenvalue weighted by Crippen LogP contribution is 2.23. The molecule has 0 saturated carbocycles. The van der Waals surface area contributed by atoms with Crippen molar-refractivity contribution >= 4 is 51.5 Å². The second kappa shape index (κ2) is 7.00. The molecule has 2 aromatic rings. The van der Waals surface area contributed by atoms with Crippen LogP contribution >= 0.6 is 34.2 Å². The molecule has 1 unspecified atom stereocenters. The lowest BCUT2D eigenvalue weighted by Gasteiger charge is -2.15. The molecule has 0 aliphatic rings. The van der Waals surface area contributed by atoms with Crippen LogP contribution in [0.4, 0.5) is 11.4 Å². The summed E-state index contributed by atoms with van der Waals surface area (Å²) in [5, 5.41) is 3.19. The van der Waals surface area contributed by atoms with E-state index in [0.29, 0.717) is 22.1 Å². The summed E-state index contributed by atoms with van der Waals surface area (Å²) in [5.74, 6) is 0.399. The van der Waals surface area contributed by atoms with Gasteiger partial charge in [-0.1, -0.05) is 17.7 Å². The van der Waals surface area contributed by atoms with E-state index < -0.39 is 6.10 Å². The number of halogens is 2. The third-order valence-electron chi connectivity index (χ3n) is 2.74. The minimum absolute atomic E-state index is 0.254. The molecule has 2 rings (SSSR count). The predicted octanol–water partition coefficient (Wildman–Crippen LogP) is 3.93. The van der Waals surface area contributed by atoms with Crippen molar-refractivity contribution in [3.05, 3.63) is 51.1 Å². The molecular formula is C15H14ClIN2O2. The smallest absolute Gasteiger partial charge is 0.265 e. The summed E-state index contributed by atoms with van der Waals surface area (Å²) in [5.41, 5.74) is 6.70. The van der Waals surface area contributed by atoms with Gasteiger partial charge in [-0.2, -0.15) is 0 Å². The quantitative estimate of drug-likeness (QED) is 0.586. The highest BCUT2D eigenvalue weighted by Gasteiger charge is 2.15. The predicted molar refractivity (Wildman–Crippen MR) is 93.7 cm³/mol. The molecule has 0 bridgehead atoms. The Hall–Kier alpha value is -1.47. The van der Waals surface area contributed by atoms with E-state index in [4.69, 9.17) is 22.1 Å². The Kier molecular flexibility index (Phi) is 5.30. The van der Waals surface area contributed by atoms with Gasteiger partial charge >= 0.3 is 0 Å². The summed E-state index contributed by atoms with van der Waals surface area (Å²) in [4.78, 5) is 12.1. The maximum Gasteiger partial charge on any atom is 0.265 e. The topological polar surface area (TPSA) is 64.3 Å². The zero-order valence-electron chi connectivity index (χ0n) is 11.3. The fraction of sp³-hybridized carbons (Fsp3) is 0.133. The second-order valence-electron chi connectivity index (χ2n) is 4.44. The Morgan fingerprint density at radius 2 is 2.10 bits per heavy atom. The van der Waals surface area contributed by atoms with E-state index in [2.05, 4.69) is 27.9 Å². The molecule has 0 fully saturated rings. The molecular weight excluding hydrogens is 403 g/mol. The normalized spacial score (nSPS) is 11.8. The van der Waals surface area contributed by atoms with E-state index in [1.165, 1.54) is 0 Å². The number of nitrogens with two attached hydrogens (primary N) is 1. The Bertz CT molecular complexity index is 664. The lowest BCUT2D eigenvalue weighted by atomic mass is 10.2. The second-order valence-corrected chi connectivity index (χ2v) is 6.10. The van der Waals surface area contributed by atoms with E-state index in [1.54, 1.807) is 25.1 Å². The number of nitrogen functional groups attached to an aromatic ring is 1. The fourth-order valence-electron chi connectivity index (χ4n) is 1.66. The van der Waals surface area contributed by atoms with Gasteiger partial charge in [-0.3, -0.25) is 4.79 Å². The SMILES string of the molecule is CC(Oc1cccc(I)c1)C(=O)Nc1ccc(Cl)c(N)c1. The van der Waals surface area contributed by atoms with Crippen molar-refractivity contribution in [1.29, 1.82) is 0 Å². The highest BCUT2D eigenvalue weighted by atomic mass is 127. The maximum atomic E-state index is 12.1. The molecule has 0 aromatic heterocycles. The van der Waals surface area contributed by atoms with Crippen LogP contribution < -0.4 is 15.8 Å². The van der Waals surface area contributed by atoms with E-state index in [-0.39, 0.29) is 5.91 Å². The van der Waals surface area contributed by atoms with Crippen LogP contribution in [-0.4, -0.2) is 12.0 Å². The number of ether oxygens (including phenoxy) is 1. The zero-order valence-corrected chi connectivity index (χ0v) is 14.2. The van der Waals surface area contributed by atoms with Crippen molar-refractivity contribution in [3.63, 3.8) is 0 Å². The molecule has 2 aromatic carbocycles. The Balaban J connectivity index is 2.00. The molecule has 1 atom stereocenters. The van der Waals surface area contributed by atoms with Gasteiger partial charge in [0.15, 0.2) is 6.10 Å². The van der Waals surface area contributed by atoms with Crippen LogP contribution in [0, 0.1) is 3.57 Å². The summed E-state index contributed by atoms with van der Waals surface area (Å²) in [6.07, 6.45) is -0.625. The first-order chi connectivity index (χ1) is 9.95. The lowest BCUT2D eigenvalue weighted by Crippen LogP contribution is -2.30. The molecule has 0 saturated heterocycles. The van der Waals surface area contributed by atoms with Gasteiger partial charge in [-0.25, -0.2) is 0 Å². The van der Waals surface area contributed by atoms with Crippen LogP contribution in [0.25, 0.3) is 0 Å². The van der Waals surface area contributed by atoms with Gasteiger partial charge in [0.2, 0.25) is 0 Å². The molecule has 1 amide bonds. The van der Waals surface area contributed by atoms with E-state index in [1.807, 2.05) is 24.3 Å². The third kappa shape index (κ3) is 4.50. The summed E-state index contributed by atoms with van der Waals surface area (Å²) in [7, 11) is 0. The number of nitrogens with one attached hydrogen (secondary N) is 1. The molecule has 0 heterocycles. The van der Waals surface area contributed by atoms with Crippen molar-refractivity contribution < 1.29 is 9.53 Å². The van der Waals surface area contributed by atoms with Gasteiger partial charge in [0, 0.05) is 9.26 Å². The van der Waals surface area contributed by atoms with Gasteiger partial charge in [-0.05, 0) is 65.9 Å². The Labute approximate surface area is 141 Å². The summed E-state index contributed by atoms with van der Waals surface area (Å²) in [6, 6.07) is 12.4. The Morgan fingerprint density at radius 3 is 2.76 bits per heavy atom. The third-order valence-corrected chi connectivity index (χ3v) is 3.76. The fourth-order valence-corrected chi connectivity index (χ4v) is 2.30. The number of anilines is 2. The van der Waals surface area contributed by atoms with Gasteiger partial charge in [0.1, 0.15) is 5.75 Å². The van der Waals surface area contributed by atoms with Crippen molar-refractivity contribution in [2.75, 3.05) is 11.1 Å². The number of amides is 1. The number of carbonyl (C=O) groups excluding carboxylic acids is 1. The van der Waals surface area contributed by atoms with Gasteiger partial charge < -0.3 is 15.8 Å². The van der Waals surface area contributed by atoms with Crippen LogP contribution in [0.1, 0.15) is 6.92 Å². The van der Waals surface area contributed by atoms with Crippen LogP contribution in [0.15, 0.2) is 42.5 Å². The van der Waals surface area contributed by atoms with Crippen LogP contribution in [-0.2, 0) is 4.79 Å². The number of hydrogen-bond acceptors (Lipinski definition) is 3. The van der Waals surface area contributed by atoms with Crippen LogP contribution in [0.3, 0.4) is 0 Å². The Morgan fingerprint density at radius 1 is 1.33 bits per heavy atom. The van der Waals surface area contributed by atoms with Gasteiger partial charge in [-0.15, -0.1) is 0 Å². The number of rotatable bonds is 4. The van der Waals surface area contributed by atoms with E-state index in [9.17, 15) is 4.79 Å². The monoisotopic (exact) mass is 416 g/mol. The first-order valence-electron chi connectivity index (χ1n) is 6.24. The largest absolute Gasteiger partial charge is 0.481 e. The van der Waals surface area contributed by atoms with Crippen molar-refractivity contribution in [1.82, 2.24) is 0 Å². The van der Waals surface area contributed by atoms with Crippen molar-refractivity contribution in [3.8, 4) is 5.75 Å². The molecule has 0 radical (unpaired) electrons. The lowest BCUT2D eigenvalue weighted by molar-refractivity contribution is -0.122.